The van der Waals surface area contributed by atoms with Crippen molar-refractivity contribution in [1.29, 1.82) is 0 Å². The average molecular weight is 212 g/mol. The third-order valence-corrected chi connectivity index (χ3v) is 3.30. The van der Waals surface area contributed by atoms with Crippen LogP contribution in [0.15, 0.2) is 0 Å². The van der Waals surface area contributed by atoms with Crippen molar-refractivity contribution >= 4 is 6.09 Å². The highest BCUT2D eigenvalue weighted by atomic mass is 16.6. The number of carbonyl (C=O) groups is 1. The van der Waals surface area contributed by atoms with Crippen LogP contribution >= 0.6 is 0 Å². The maximum atomic E-state index is 11.7. The number of hydrogen-bond donors (Lipinski definition) is 1. The molecule has 2 atom stereocenters. The maximum absolute atomic E-state index is 11.7. The predicted octanol–water partition coefficient (Wildman–Crippen LogP) is 1.06. The van der Waals surface area contributed by atoms with Gasteiger partial charge in [0.1, 0.15) is 5.60 Å². The Morgan fingerprint density at radius 1 is 1.40 bits per heavy atom. The predicted molar refractivity (Wildman–Crippen MR) is 57.3 cm³/mol. The Kier molecular flexibility index (Phi) is 2.41. The van der Waals surface area contributed by atoms with Gasteiger partial charge in [-0.3, -0.25) is 0 Å². The van der Waals surface area contributed by atoms with Gasteiger partial charge >= 0.3 is 6.09 Å². The van der Waals surface area contributed by atoms with Gasteiger partial charge in [-0.25, -0.2) is 4.79 Å². The van der Waals surface area contributed by atoms with Crippen LogP contribution in [0.4, 0.5) is 4.79 Å². The van der Waals surface area contributed by atoms with E-state index in [0.717, 1.165) is 19.6 Å². The zero-order valence-corrected chi connectivity index (χ0v) is 9.69. The van der Waals surface area contributed by atoms with Crippen molar-refractivity contribution in [3.63, 3.8) is 0 Å². The molecule has 2 rings (SSSR count). The summed E-state index contributed by atoms with van der Waals surface area (Å²) in [7, 11) is 0. The molecule has 86 valence electrons. The van der Waals surface area contributed by atoms with E-state index < -0.39 is 5.60 Å². The smallest absolute Gasteiger partial charge is 0.410 e. The van der Waals surface area contributed by atoms with Crippen molar-refractivity contribution in [2.24, 2.45) is 23.5 Å². The van der Waals surface area contributed by atoms with Crippen LogP contribution in [-0.4, -0.2) is 36.2 Å². The lowest BCUT2D eigenvalue weighted by Crippen LogP contribution is -2.37. The molecular weight excluding hydrogens is 192 g/mol. The number of amides is 1. The highest BCUT2D eigenvalue weighted by Gasteiger charge is 2.56. The summed E-state index contributed by atoms with van der Waals surface area (Å²) in [5, 5.41) is 0. The Morgan fingerprint density at radius 3 is 2.33 bits per heavy atom. The van der Waals surface area contributed by atoms with Crippen LogP contribution in [-0.2, 0) is 4.74 Å². The molecule has 1 amide bonds. The largest absolute Gasteiger partial charge is 0.444 e. The SMILES string of the molecule is CC(C)(C)OC(=O)N1C[C@H]2C(CN)[C@@H]2C1. The van der Waals surface area contributed by atoms with Crippen LogP contribution in [0.1, 0.15) is 20.8 Å². The molecule has 0 radical (unpaired) electrons. The molecule has 0 aromatic heterocycles. The van der Waals surface area contributed by atoms with Gasteiger partial charge in [0.2, 0.25) is 0 Å². The lowest BCUT2D eigenvalue weighted by atomic mass is 10.2. The number of fused-ring (bicyclic) bond motifs is 1. The minimum atomic E-state index is -0.392. The number of piperidine rings is 1. The number of ether oxygens (including phenoxy) is 1. The van der Waals surface area contributed by atoms with Crippen molar-refractivity contribution in [3.05, 3.63) is 0 Å². The summed E-state index contributed by atoms with van der Waals surface area (Å²) in [6.07, 6.45) is -0.175. The first-order valence-electron chi connectivity index (χ1n) is 5.60. The van der Waals surface area contributed by atoms with Gasteiger partial charge in [-0.2, -0.15) is 0 Å². The van der Waals surface area contributed by atoms with Gasteiger partial charge in [0.15, 0.2) is 0 Å². The first kappa shape index (κ1) is 10.7. The van der Waals surface area contributed by atoms with Crippen LogP contribution in [0.25, 0.3) is 0 Å². The van der Waals surface area contributed by atoms with Crippen molar-refractivity contribution < 1.29 is 9.53 Å². The third-order valence-electron chi connectivity index (χ3n) is 3.30. The fourth-order valence-corrected chi connectivity index (χ4v) is 2.47. The van der Waals surface area contributed by atoms with Gasteiger partial charge in [0.05, 0.1) is 0 Å². The normalized spacial score (nSPS) is 33.9. The minimum absolute atomic E-state index is 0.175. The Balaban J connectivity index is 1.82. The van der Waals surface area contributed by atoms with Gasteiger partial charge in [0.25, 0.3) is 0 Å². The number of nitrogens with two attached hydrogens (primary N) is 1. The standard InChI is InChI=1S/C11H20N2O2/c1-11(2,3)15-10(14)13-5-8-7(4-12)9(8)6-13/h7-9H,4-6,12H2,1-3H3/t8-,9-/m0/s1. The summed E-state index contributed by atoms with van der Waals surface area (Å²) >= 11 is 0. The highest BCUT2D eigenvalue weighted by molar-refractivity contribution is 5.68. The summed E-state index contributed by atoms with van der Waals surface area (Å²) in [4.78, 5) is 13.5. The van der Waals surface area contributed by atoms with Gasteiger partial charge in [-0.15, -0.1) is 0 Å². The minimum Gasteiger partial charge on any atom is -0.444 e. The molecule has 1 aliphatic carbocycles. The van der Waals surface area contributed by atoms with Gasteiger partial charge in [0, 0.05) is 13.1 Å². The lowest BCUT2D eigenvalue weighted by molar-refractivity contribution is 0.0266. The molecule has 0 unspecified atom stereocenters. The van der Waals surface area contributed by atoms with E-state index in [9.17, 15) is 4.79 Å². The lowest BCUT2D eigenvalue weighted by Gasteiger charge is -2.25. The fraction of sp³-hybridized carbons (Fsp3) is 0.909. The fourth-order valence-electron chi connectivity index (χ4n) is 2.47. The van der Waals surface area contributed by atoms with Crippen molar-refractivity contribution in [2.45, 2.75) is 26.4 Å². The van der Waals surface area contributed by atoms with Crippen molar-refractivity contribution in [3.8, 4) is 0 Å². The quantitative estimate of drug-likeness (QED) is 0.707. The number of rotatable bonds is 1. The van der Waals surface area contributed by atoms with E-state index in [1.165, 1.54) is 0 Å². The third kappa shape index (κ3) is 2.09. The Morgan fingerprint density at radius 2 is 1.93 bits per heavy atom. The summed E-state index contributed by atoms with van der Waals surface area (Å²) in [6.45, 7) is 8.11. The van der Waals surface area contributed by atoms with E-state index in [2.05, 4.69) is 0 Å². The van der Waals surface area contributed by atoms with Crippen LogP contribution in [0.2, 0.25) is 0 Å². The molecule has 1 saturated carbocycles. The van der Waals surface area contributed by atoms with E-state index in [0.29, 0.717) is 17.8 Å². The Labute approximate surface area is 90.8 Å². The van der Waals surface area contributed by atoms with Gasteiger partial charge in [-0.1, -0.05) is 0 Å². The van der Waals surface area contributed by atoms with E-state index >= 15 is 0 Å². The molecule has 15 heavy (non-hydrogen) atoms. The molecule has 4 heteroatoms. The summed E-state index contributed by atoms with van der Waals surface area (Å²) in [5.41, 5.74) is 5.22. The highest BCUT2D eigenvalue weighted by Crippen LogP contribution is 2.51. The van der Waals surface area contributed by atoms with Crippen molar-refractivity contribution in [2.75, 3.05) is 19.6 Å². The molecule has 0 bridgehead atoms. The second-order valence-corrected chi connectivity index (χ2v) is 5.61. The second-order valence-electron chi connectivity index (χ2n) is 5.61. The number of carbonyl (C=O) groups excluding carboxylic acids is 1. The van der Waals surface area contributed by atoms with E-state index in [1.54, 1.807) is 0 Å². The number of likely N-dealkylation sites (tertiary alicyclic amines) is 1. The first-order valence-corrected chi connectivity index (χ1v) is 5.60. The molecule has 4 nitrogen and oxygen atoms in total. The first-order chi connectivity index (χ1) is 6.92. The molecular formula is C11H20N2O2. The summed E-state index contributed by atoms with van der Waals surface area (Å²) < 4.78 is 5.32. The summed E-state index contributed by atoms with van der Waals surface area (Å²) in [6, 6.07) is 0. The van der Waals surface area contributed by atoms with Crippen LogP contribution in [0.3, 0.4) is 0 Å². The molecule has 0 aromatic carbocycles. The van der Waals surface area contributed by atoms with E-state index in [-0.39, 0.29) is 6.09 Å². The molecule has 1 saturated heterocycles. The molecule has 0 spiro atoms. The van der Waals surface area contributed by atoms with Crippen molar-refractivity contribution in [1.82, 2.24) is 4.90 Å². The van der Waals surface area contributed by atoms with E-state index in [1.807, 2.05) is 25.7 Å². The number of hydrogen-bond acceptors (Lipinski definition) is 3. The average Bonchev–Trinajstić information content (AvgIpc) is 2.54. The molecule has 1 heterocycles. The Hall–Kier alpha value is -0.770. The molecule has 2 N–H and O–H groups in total. The molecule has 2 aliphatic rings. The summed E-state index contributed by atoms with van der Waals surface area (Å²) in [5.74, 6) is 1.94. The van der Waals surface area contributed by atoms with Gasteiger partial charge < -0.3 is 15.4 Å². The molecule has 2 fully saturated rings. The topological polar surface area (TPSA) is 55.6 Å². The van der Waals surface area contributed by atoms with E-state index in [4.69, 9.17) is 10.5 Å². The molecule has 1 aliphatic heterocycles. The Bertz CT molecular complexity index is 260. The number of nitrogens with zero attached hydrogens (tertiary/aromatic N) is 1. The zero-order valence-electron chi connectivity index (χ0n) is 9.69. The van der Waals surface area contributed by atoms with Gasteiger partial charge in [-0.05, 0) is 45.1 Å². The monoisotopic (exact) mass is 212 g/mol. The second kappa shape index (κ2) is 3.37. The maximum Gasteiger partial charge on any atom is 0.410 e. The zero-order chi connectivity index (χ0) is 11.2. The van der Waals surface area contributed by atoms with Crippen LogP contribution < -0.4 is 5.73 Å². The van der Waals surface area contributed by atoms with Crippen LogP contribution in [0.5, 0.6) is 0 Å². The molecule has 0 aromatic rings. The van der Waals surface area contributed by atoms with Crippen LogP contribution in [0, 0.1) is 17.8 Å².